The van der Waals surface area contributed by atoms with Gasteiger partial charge in [-0.25, -0.2) is 0 Å². The minimum absolute atomic E-state index is 0.00641. The van der Waals surface area contributed by atoms with E-state index in [1.54, 1.807) is 27.9 Å². The van der Waals surface area contributed by atoms with E-state index < -0.39 is 119 Å². The Labute approximate surface area is 474 Å². The Morgan fingerprint density at radius 3 is 1.16 bits per heavy atom. The normalized spacial score (nSPS) is 18.8. The SMILES string of the molecule is CNC(C)C(=O)NC(C(=O)N1CC(NC(=O)c2cc(C(=O)NC3CC(C(=O)NC(c4ccccc4)c4ccccc4)N(C(=O)C(NC(=O)C(C)NC)C(C)(C)C)C3)[nH]n2)CC1C(=O)NC(c1ccccc1)c1ccccc1)C(C)(C)C. The molecular formula is C61H78N12O8. The molecule has 7 rings (SSSR count). The molecule has 0 saturated carbocycles. The summed E-state index contributed by atoms with van der Waals surface area (Å²) in [6.45, 7) is 14.1. The maximum atomic E-state index is 14.8. The predicted octanol–water partition coefficient (Wildman–Crippen LogP) is 3.90. The van der Waals surface area contributed by atoms with Crippen LogP contribution in [0.5, 0.6) is 0 Å². The molecule has 0 bridgehead atoms. The van der Waals surface area contributed by atoms with E-state index in [2.05, 4.69) is 52.7 Å². The second-order valence-corrected chi connectivity index (χ2v) is 23.2. The first-order valence-electron chi connectivity index (χ1n) is 27.5. The summed E-state index contributed by atoms with van der Waals surface area (Å²) in [4.78, 5) is 117. The summed E-state index contributed by atoms with van der Waals surface area (Å²) in [6, 6.07) is 30.7. The van der Waals surface area contributed by atoms with Crippen molar-refractivity contribution in [2.75, 3.05) is 27.2 Å². The molecule has 2 aliphatic heterocycles. The zero-order chi connectivity index (χ0) is 58.8. The van der Waals surface area contributed by atoms with Gasteiger partial charge in [0.25, 0.3) is 11.8 Å². The van der Waals surface area contributed by atoms with Crippen LogP contribution >= 0.6 is 0 Å². The number of rotatable bonds is 20. The topological polar surface area (TPSA) is 268 Å². The summed E-state index contributed by atoms with van der Waals surface area (Å²) in [5, 5.41) is 30.6. The summed E-state index contributed by atoms with van der Waals surface area (Å²) in [5.41, 5.74) is 1.41. The first-order chi connectivity index (χ1) is 38.5. The van der Waals surface area contributed by atoms with E-state index in [9.17, 15) is 38.4 Å². The number of hydrogen-bond donors (Lipinski definition) is 9. The number of benzene rings is 4. The molecule has 2 fully saturated rings. The number of likely N-dealkylation sites (tertiary alicyclic amines) is 2. The van der Waals surface area contributed by atoms with Crippen LogP contribution in [0.3, 0.4) is 0 Å². The molecule has 9 N–H and O–H groups in total. The molecule has 4 aromatic carbocycles. The van der Waals surface area contributed by atoms with Crippen LogP contribution in [0, 0.1) is 10.8 Å². The maximum Gasteiger partial charge on any atom is 0.272 e. The van der Waals surface area contributed by atoms with Gasteiger partial charge in [0, 0.05) is 31.2 Å². The van der Waals surface area contributed by atoms with Crippen molar-refractivity contribution in [1.82, 2.24) is 62.5 Å². The van der Waals surface area contributed by atoms with Crippen molar-refractivity contribution in [1.29, 1.82) is 0 Å². The van der Waals surface area contributed by atoms with Crippen LogP contribution in [0.4, 0.5) is 0 Å². The minimum atomic E-state index is -1.08. The number of carbonyl (C=O) groups is 8. The zero-order valence-electron chi connectivity index (χ0n) is 47.8. The van der Waals surface area contributed by atoms with Crippen LogP contribution in [-0.2, 0) is 28.8 Å². The van der Waals surface area contributed by atoms with Gasteiger partial charge in [-0.2, -0.15) is 5.10 Å². The van der Waals surface area contributed by atoms with Gasteiger partial charge in [-0.1, -0.05) is 163 Å². The first-order valence-corrected chi connectivity index (χ1v) is 27.5. The van der Waals surface area contributed by atoms with Gasteiger partial charge in [-0.3, -0.25) is 43.5 Å². The Balaban J connectivity index is 1.11. The molecule has 3 heterocycles. The van der Waals surface area contributed by atoms with E-state index in [0.717, 1.165) is 22.3 Å². The molecule has 1 aromatic heterocycles. The largest absolute Gasteiger partial charge is 0.346 e. The molecule has 2 saturated heterocycles. The molecule has 5 aromatic rings. The Bertz CT molecular complexity index is 2720. The number of amides is 8. The van der Waals surface area contributed by atoms with Gasteiger partial charge in [0.2, 0.25) is 35.4 Å². The average Bonchev–Trinajstić information content (AvgIpc) is 4.25. The highest BCUT2D eigenvalue weighted by molar-refractivity contribution is 5.99. The average molecular weight is 1110 g/mol. The molecule has 2 aliphatic rings. The lowest BCUT2D eigenvalue weighted by molar-refractivity contribution is -0.144. The molecular weight excluding hydrogens is 1030 g/mol. The molecule has 81 heavy (non-hydrogen) atoms. The highest BCUT2D eigenvalue weighted by atomic mass is 16.2. The lowest BCUT2D eigenvalue weighted by Crippen LogP contribution is -2.59. The summed E-state index contributed by atoms with van der Waals surface area (Å²) in [6.07, 6.45) is 0.0165. The summed E-state index contributed by atoms with van der Waals surface area (Å²) in [7, 11) is 3.27. The van der Waals surface area contributed by atoms with Gasteiger partial charge in [0.1, 0.15) is 29.9 Å². The fourth-order valence-electron chi connectivity index (χ4n) is 10.1. The zero-order valence-corrected chi connectivity index (χ0v) is 47.8. The predicted molar refractivity (Wildman–Crippen MR) is 307 cm³/mol. The molecule has 8 atom stereocenters. The minimum Gasteiger partial charge on any atom is -0.346 e. The van der Waals surface area contributed by atoms with Crippen molar-refractivity contribution in [3.05, 3.63) is 161 Å². The van der Waals surface area contributed by atoms with E-state index in [1.807, 2.05) is 163 Å². The Morgan fingerprint density at radius 1 is 0.506 bits per heavy atom. The molecule has 8 unspecified atom stereocenters. The van der Waals surface area contributed by atoms with Crippen LogP contribution in [0.15, 0.2) is 127 Å². The Morgan fingerprint density at radius 2 is 0.840 bits per heavy atom. The smallest absolute Gasteiger partial charge is 0.272 e. The number of nitrogens with one attached hydrogen (secondary N) is 9. The third kappa shape index (κ3) is 15.0. The van der Waals surface area contributed by atoms with Crippen molar-refractivity contribution in [2.24, 2.45) is 10.8 Å². The van der Waals surface area contributed by atoms with Crippen molar-refractivity contribution in [2.45, 2.75) is 129 Å². The number of hydrogen-bond acceptors (Lipinski definition) is 11. The van der Waals surface area contributed by atoms with Gasteiger partial charge in [-0.15, -0.1) is 0 Å². The number of aromatic amines is 1. The van der Waals surface area contributed by atoms with Gasteiger partial charge in [0.05, 0.1) is 24.2 Å². The molecule has 20 heteroatoms. The van der Waals surface area contributed by atoms with E-state index in [0.29, 0.717) is 0 Å². The molecule has 0 spiro atoms. The van der Waals surface area contributed by atoms with Gasteiger partial charge in [-0.05, 0) is 73.9 Å². The molecule has 430 valence electrons. The maximum absolute atomic E-state index is 14.8. The van der Waals surface area contributed by atoms with Crippen LogP contribution < -0.4 is 42.5 Å². The van der Waals surface area contributed by atoms with E-state index in [1.165, 1.54) is 15.9 Å². The van der Waals surface area contributed by atoms with E-state index in [4.69, 9.17) is 0 Å². The monoisotopic (exact) mass is 1110 g/mol. The summed E-state index contributed by atoms with van der Waals surface area (Å²) in [5.74, 6) is -4.13. The number of H-pyrrole nitrogens is 1. The summed E-state index contributed by atoms with van der Waals surface area (Å²) >= 11 is 0. The number of nitrogens with zero attached hydrogens (tertiary/aromatic N) is 3. The summed E-state index contributed by atoms with van der Waals surface area (Å²) < 4.78 is 0. The van der Waals surface area contributed by atoms with Crippen LogP contribution in [-0.4, -0.2) is 143 Å². The van der Waals surface area contributed by atoms with Gasteiger partial charge >= 0.3 is 0 Å². The van der Waals surface area contributed by atoms with Crippen molar-refractivity contribution < 1.29 is 38.4 Å². The molecule has 0 aliphatic carbocycles. The van der Waals surface area contributed by atoms with E-state index >= 15 is 0 Å². The molecule has 8 amide bonds. The number of likely N-dealkylation sites (N-methyl/N-ethyl adjacent to an activating group) is 2. The lowest BCUT2D eigenvalue weighted by atomic mass is 9.85. The standard InChI is InChI=1S/C61H78N12O8/c1-36(62-9)52(74)68-50(60(3,4)5)58(80)72-34-42(31-46(72)56(78)66-48(38-23-15-11-16-24-38)39-25-17-12-18-26-39)64-54(76)44-33-45(71-70-44)55(77)65-43-32-47(73(35-43)59(81)51(61(6,7)8)69-53(75)37(2)63-10)57(79)67-49(40-27-19-13-20-28-40)41-29-21-14-22-30-41/h11-30,33,36-37,42-43,46-51,62-63H,31-32,34-35H2,1-10H3,(H,64,76)(H,65,77)(H,66,78)(H,67,79)(H,68,74)(H,69,75)(H,70,71). The van der Waals surface area contributed by atoms with Crippen LogP contribution in [0.25, 0.3) is 0 Å². The number of aromatic nitrogens is 2. The second kappa shape index (κ2) is 26.4. The molecule has 0 radical (unpaired) electrons. The Hall–Kier alpha value is -8.23. The van der Waals surface area contributed by atoms with Crippen molar-refractivity contribution in [3.8, 4) is 0 Å². The van der Waals surface area contributed by atoms with Crippen molar-refractivity contribution in [3.63, 3.8) is 0 Å². The second-order valence-electron chi connectivity index (χ2n) is 23.2. The van der Waals surface area contributed by atoms with Crippen LogP contribution in [0.2, 0.25) is 0 Å². The fourth-order valence-corrected chi connectivity index (χ4v) is 10.1. The van der Waals surface area contributed by atoms with Crippen LogP contribution in [0.1, 0.15) is 124 Å². The number of carbonyl (C=O) groups excluding carboxylic acids is 8. The highest BCUT2D eigenvalue weighted by Crippen LogP contribution is 2.31. The quantitative estimate of drug-likeness (QED) is 0.0540. The first kappa shape index (κ1) is 60.4. The third-order valence-corrected chi connectivity index (χ3v) is 15.1. The third-order valence-electron chi connectivity index (χ3n) is 15.1. The fraction of sp³-hybridized carbons (Fsp3) is 0.426. The Kier molecular flexibility index (Phi) is 19.7. The lowest BCUT2D eigenvalue weighted by Gasteiger charge is -2.36. The van der Waals surface area contributed by atoms with Gasteiger partial charge < -0.3 is 52.3 Å². The van der Waals surface area contributed by atoms with Crippen molar-refractivity contribution >= 4 is 47.3 Å². The molecule has 20 nitrogen and oxygen atoms in total. The highest BCUT2D eigenvalue weighted by Gasteiger charge is 2.48. The van der Waals surface area contributed by atoms with E-state index in [-0.39, 0.29) is 37.3 Å². The van der Waals surface area contributed by atoms with Gasteiger partial charge in [0.15, 0.2) is 5.69 Å².